The number of hydrogen-bond donors (Lipinski definition) is 1. The molecular formula is C34H36FN3O2S. The third-order valence-corrected chi connectivity index (χ3v) is 9.56. The molecule has 3 aliphatic rings. The van der Waals surface area contributed by atoms with E-state index in [9.17, 15) is 14.0 Å². The first-order valence-electron chi connectivity index (χ1n) is 14.6. The van der Waals surface area contributed by atoms with Crippen LogP contribution in [0, 0.1) is 17.7 Å². The molecule has 3 aromatic rings. The number of rotatable bonds is 8. The second kappa shape index (κ2) is 12.6. The smallest absolute Gasteiger partial charge is 0.251 e. The molecule has 5 nitrogen and oxygen atoms in total. The molecule has 1 saturated heterocycles. The Hall–Kier alpha value is -3.42. The summed E-state index contributed by atoms with van der Waals surface area (Å²) in [5.74, 6) is 1.28. The van der Waals surface area contributed by atoms with E-state index >= 15 is 0 Å². The third kappa shape index (κ3) is 6.57. The van der Waals surface area contributed by atoms with E-state index in [0.717, 1.165) is 54.2 Å². The van der Waals surface area contributed by atoms with Crippen molar-refractivity contribution in [3.63, 3.8) is 0 Å². The quantitative estimate of drug-likeness (QED) is 0.354. The lowest BCUT2D eigenvalue weighted by molar-refractivity contribution is -0.119. The lowest BCUT2D eigenvalue weighted by atomic mass is 9.90. The molecule has 1 atom stereocenters. The summed E-state index contributed by atoms with van der Waals surface area (Å²) in [6.45, 7) is 3.77. The lowest BCUT2D eigenvalue weighted by Crippen LogP contribution is -2.40. The van der Waals surface area contributed by atoms with Crippen molar-refractivity contribution in [2.24, 2.45) is 11.8 Å². The number of amides is 2. The van der Waals surface area contributed by atoms with Crippen LogP contribution in [0.15, 0.2) is 78.2 Å². The number of likely N-dealkylation sites (tertiary alicyclic amines) is 1. The maximum absolute atomic E-state index is 13.9. The van der Waals surface area contributed by atoms with Gasteiger partial charge in [-0.15, -0.1) is 11.8 Å². The molecule has 7 heteroatoms. The number of fused-ring (bicyclic) bond motifs is 3. The fourth-order valence-electron chi connectivity index (χ4n) is 6.27. The van der Waals surface area contributed by atoms with Crippen molar-refractivity contribution in [2.75, 3.05) is 36.8 Å². The summed E-state index contributed by atoms with van der Waals surface area (Å²) < 4.78 is 13.9. The van der Waals surface area contributed by atoms with Crippen LogP contribution in [0.5, 0.6) is 0 Å². The van der Waals surface area contributed by atoms with Crippen LogP contribution in [0.4, 0.5) is 10.1 Å². The number of piperidine rings is 1. The predicted molar refractivity (Wildman–Crippen MR) is 164 cm³/mol. The van der Waals surface area contributed by atoms with Gasteiger partial charge in [0, 0.05) is 42.3 Å². The van der Waals surface area contributed by atoms with Gasteiger partial charge in [-0.3, -0.25) is 9.59 Å². The zero-order valence-electron chi connectivity index (χ0n) is 23.2. The molecule has 0 bridgehead atoms. The van der Waals surface area contributed by atoms with Gasteiger partial charge in [-0.05, 0) is 84.6 Å². The van der Waals surface area contributed by atoms with Crippen molar-refractivity contribution in [1.29, 1.82) is 0 Å². The van der Waals surface area contributed by atoms with Gasteiger partial charge in [0.1, 0.15) is 5.82 Å². The fourth-order valence-corrected chi connectivity index (χ4v) is 7.40. The number of carbonyl (C=O) groups excluding carboxylic acids is 2. The summed E-state index contributed by atoms with van der Waals surface area (Å²) in [5, 5.41) is 5.24. The standard InChI is InChI=1S/C34H36FN3O2S/c35-29-8-4-7-26(18-29)21-38-32-19-27(9-10-30(32)31-23-41-22-28(31)20-33(38)39)34(40)36-13-16-37-14-11-25(12-15-37)17-24-5-2-1-3-6-24/h1-10,18-19,23,25,28H,11-17,20-22H2,(H,36,40)/t28-/m1/s1. The number of halogens is 1. The van der Waals surface area contributed by atoms with Gasteiger partial charge < -0.3 is 15.1 Å². The third-order valence-electron chi connectivity index (χ3n) is 8.55. The first-order valence-corrected chi connectivity index (χ1v) is 15.6. The van der Waals surface area contributed by atoms with E-state index in [1.165, 1.54) is 30.5 Å². The molecule has 0 saturated carbocycles. The maximum Gasteiger partial charge on any atom is 0.251 e. The van der Waals surface area contributed by atoms with Crippen molar-refractivity contribution in [1.82, 2.24) is 10.2 Å². The number of anilines is 1. The van der Waals surface area contributed by atoms with E-state index in [1.54, 1.807) is 22.7 Å². The Morgan fingerprint density at radius 3 is 2.59 bits per heavy atom. The minimum absolute atomic E-state index is 0.000337. The molecule has 0 aromatic heterocycles. The van der Waals surface area contributed by atoms with E-state index < -0.39 is 0 Å². The van der Waals surface area contributed by atoms with E-state index in [2.05, 4.69) is 46.0 Å². The molecule has 1 fully saturated rings. The van der Waals surface area contributed by atoms with Crippen LogP contribution in [0.2, 0.25) is 0 Å². The van der Waals surface area contributed by atoms with Crippen molar-refractivity contribution in [3.05, 3.63) is 106 Å². The highest BCUT2D eigenvalue weighted by Gasteiger charge is 2.34. The van der Waals surface area contributed by atoms with Crippen LogP contribution in [0.3, 0.4) is 0 Å². The first kappa shape index (κ1) is 27.7. The molecule has 0 unspecified atom stereocenters. The van der Waals surface area contributed by atoms with Crippen LogP contribution >= 0.6 is 11.8 Å². The molecule has 1 N–H and O–H groups in total. The lowest BCUT2D eigenvalue weighted by Gasteiger charge is -2.32. The second-order valence-electron chi connectivity index (χ2n) is 11.4. The van der Waals surface area contributed by atoms with Gasteiger partial charge in [0.2, 0.25) is 5.91 Å². The molecule has 3 heterocycles. The number of hydrogen-bond acceptors (Lipinski definition) is 4. The van der Waals surface area contributed by atoms with Crippen LogP contribution in [-0.4, -0.2) is 48.6 Å². The predicted octanol–water partition coefficient (Wildman–Crippen LogP) is 6.15. The van der Waals surface area contributed by atoms with E-state index in [4.69, 9.17) is 0 Å². The fraction of sp³-hybridized carbons (Fsp3) is 0.353. The largest absolute Gasteiger partial charge is 0.351 e. The molecule has 3 aliphatic heterocycles. The summed E-state index contributed by atoms with van der Waals surface area (Å²) in [6, 6.07) is 22.8. The molecule has 0 spiro atoms. The summed E-state index contributed by atoms with van der Waals surface area (Å²) in [6.07, 6.45) is 3.90. The van der Waals surface area contributed by atoms with Gasteiger partial charge in [0.15, 0.2) is 0 Å². The number of allylic oxidation sites excluding steroid dienone is 1. The Kier molecular flexibility index (Phi) is 8.54. The van der Waals surface area contributed by atoms with Gasteiger partial charge in [0.25, 0.3) is 5.91 Å². The van der Waals surface area contributed by atoms with Crippen LogP contribution < -0.4 is 10.2 Å². The van der Waals surface area contributed by atoms with Gasteiger partial charge in [-0.2, -0.15) is 0 Å². The molecule has 212 valence electrons. The van der Waals surface area contributed by atoms with Crippen molar-refractivity contribution in [3.8, 4) is 0 Å². The zero-order chi connectivity index (χ0) is 28.2. The molecule has 0 radical (unpaired) electrons. The molecule has 41 heavy (non-hydrogen) atoms. The van der Waals surface area contributed by atoms with E-state index in [1.807, 2.05) is 24.3 Å². The van der Waals surface area contributed by atoms with Gasteiger partial charge in [-0.1, -0.05) is 48.5 Å². The van der Waals surface area contributed by atoms with Crippen LogP contribution in [-0.2, 0) is 17.8 Å². The Balaban J connectivity index is 1.10. The topological polar surface area (TPSA) is 52.7 Å². The summed E-state index contributed by atoms with van der Waals surface area (Å²) >= 11 is 1.73. The van der Waals surface area contributed by atoms with Gasteiger partial charge >= 0.3 is 0 Å². The monoisotopic (exact) mass is 569 g/mol. The van der Waals surface area contributed by atoms with E-state index in [-0.39, 0.29) is 30.1 Å². The summed E-state index contributed by atoms with van der Waals surface area (Å²) in [7, 11) is 0. The molecule has 6 rings (SSSR count). The van der Waals surface area contributed by atoms with Crippen LogP contribution in [0.1, 0.15) is 46.3 Å². The highest BCUT2D eigenvalue weighted by molar-refractivity contribution is 8.02. The Morgan fingerprint density at radius 2 is 1.78 bits per heavy atom. The van der Waals surface area contributed by atoms with Gasteiger partial charge in [0.05, 0.1) is 12.2 Å². The highest BCUT2D eigenvalue weighted by Crippen LogP contribution is 2.45. The SMILES string of the molecule is O=C(NCCN1CCC(Cc2ccccc2)CC1)c1ccc2c(c1)N(Cc1cccc(F)c1)C(=O)C[C@@H]1CSC=C21. The average Bonchev–Trinajstić information content (AvgIpc) is 3.41. The first-order chi connectivity index (χ1) is 20.0. The molecule has 3 aromatic carbocycles. The normalized spacial score (nSPS) is 19.3. The second-order valence-corrected chi connectivity index (χ2v) is 12.3. The molecule has 0 aliphatic carbocycles. The summed E-state index contributed by atoms with van der Waals surface area (Å²) in [4.78, 5) is 30.8. The Labute approximate surface area is 245 Å². The molecule has 2 amide bonds. The maximum atomic E-state index is 13.9. The van der Waals surface area contributed by atoms with Crippen molar-refractivity contribution >= 4 is 34.8 Å². The van der Waals surface area contributed by atoms with Crippen molar-refractivity contribution in [2.45, 2.75) is 32.2 Å². The number of thioether (sulfide) groups is 1. The number of nitrogens with zero attached hydrogens (tertiary/aromatic N) is 2. The number of benzene rings is 3. The minimum Gasteiger partial charge on any atom is -0.351 e. The zero-order valence-corrected chi connectivity index (χ0v) is 24.0. The van der Waals surface area contributed by atoms with Crippen LogP contribution in [0.25, 0.3) is 5.57 Å². The number of carbonyl (C=O) groups is 2. The van der Waals surface area contributed by atoms with Crippen molar-refractivity contribution < 1.29 is 14.0 Å². The van der Waals surface area contributed by atoms with Gasteiger partial charge in [-0.25, -0.2) is 4.39 Å². The average molecular weight is 570 g/mol. The summed E-state index contributed by atoms with van der Waals surface area (Å²) in [5.41, 5.74) is 5.53. The molecular weight excluding hydrogens is 533 g/mol. The number of nitrogens with one attached hydrogen (secondary N) is 1. The highest BCUT2D eigenvalue weighted by atomic mass is 32.2. The Bertz CT molecular complexity index is 1430. The minimum atomic E-state index is -0.325. The Morgan fingerprint density at radius 1 is 0.976 bits per heavy atom. The van der Waals surface area contributed by atoms with E-state index in [0.29, 0.717) is 24.4 Å².